The van der Waals surface area contributed by atoms with Crippen molar-refractivity contribution in [2.45, 2.75) is 51.6 Å². The second-order valence-corrected chi connectivity index (χ2v) is 5.82. The summed E-state index contributed by atoms with van der Waals surface area (Å²) in [4.78, 5) is 16.3. The van der Waals surface area contributed by atoms with Crippen LogP contribution in [-0.4, -0.2) is 23.9 Å². The lowest BCUT2D eigenvalue weighted by Crippen LogP contribution is -2.36. The van der Waals surface area contributed by atoms with Gasteiger partial charge in [-0.2, -0.15) is 0 Å². The molecule has 1 fully saturated rings. The minimum Gasteiger partial charge on any atom is -0.465 e. The Labute approximate surface area is 126 Å². The quantitative estimate of drug-likeness (QED) is 0.495. The molecule has 0 aromatic heterocycles. The van der Waals surface area contributed by atoms with Gasteiger partial charge < -0.3 is 4.74 Å². The van der Waals surface area contributed by atoms with Gasteiger partial charge in [0.1, 0.15) is 6.10 Å². The van der Waals surface area contributed by atoms with Crippen molar-refractivity contribution in [2.24, 2.45) is 5.92 Å². The molecule has 1 heterocycles. The molecule has 4 heteroatoms. The van der Waals surface area contributed by atoms with Gasteiger partial charge in [-0.3, -0.25) is 10.1 Å². The van der Waals surface area contributed by atoms with E-state index in [1.54, 1.807) is 0 Å². The van der Waals surface area contributed by atoms with Gasteiger partial charge in [0.2, 0.25) is 0 Å². The van der Waals surface area contributed by atoms with Crippen LogP contribution in [0.25, 0.3) is 0 Å². The van der Waals surface area contributed by atoms with Crippen molar-refractivity contribution in [3.63, 3.8) is 0 Å². The highest BCUT2D eigenvalue weighted by atomic mass is 17.1. The molecule has 1 N–H and O–H groups in total. The lowest BCUT2D eigenvalue weighted by molar-refractivity contribution is -0.291. The molecule has 0 bridgehead atoms. The summed E-state index contributed by atoms with van der Waals surface area (Å²) >= 11 is 0. The van der Waals surface area contributed by atoms with Crippen molar-refractivity contribution in [3.05, 3.63) is 35.4 Å². The molecule has 3 atom stereocenters. The molecule has 21 heavy (non-hydrogen) atoms. The highest BCUT2D eigenvalue weighted by molar-refractivity contribution is 5.73. The maximum Gasteiger partial charge on any atom is 0.311 e. The molecular formula is C17H24O4. The Kier molecular flexibility index (Phi) is 5.76. The number of ether oxygens (including phenoxy) is 1. The number of hydrogen-bond acceptors (Lipinski definition) is 4. The third-order valence-electron chi connectivity index (χ3n) is 4.39. The van der Waals surface area contributed by atoms with Gasteiger partial charge in [0.25, 0.3) is 0 Å². The Hall–Kier alpha value is -1.39. The van der Waals surface area contributed by atoms with Gasteiger partial charge in [-0.25, -0.2) is 4.89 Å². The zero-order chi connectivity index (χ0) is 15.2. The normalized spacial score (nSPS) is 21.7. The molecular weight excluding hydrogens is 268 g/mol. The van der Waals surface area contributed by atoms with Crippen LogP contribution in [0.4, 0.5) is 0 Å². The van der Waals surface area contributed by atoms with Gasteiger partial charge in [0.05, 0.1) is 12.5 Å². The molecule has 4 nitrogen and oxygen atoms in total. The minimum atomic E-state index is -0.535. The fraction of sp³-hybridized carbons (Fsp3) is 0.588. The highest BCUT2D eigenvalue weighted by Gasteiger charge is 2.33. The molecule has 1 aliphatic heterocycles. The number of benzene rings is 1. The van der Waals surface area contributed by atoms with E-state index in [1.807, 2.05) is 12.1 Å². The zero-order valence-corrected chi connectivity index (χ0v) is 12.7. The Morgan fingerprint density at radius 3 is 2.67 bits per heavy atom. The predicted molar refractivity (Wildman–Crippen MR) is 80.0 cm³/mol. The van der Waals surface area contributed by atoms with Crippen molar-refractivity contribution >= 4 is 5.97 Å². The van der Waals surface area contributed by atoms with Gasteiger partial charge in [0.15, 0.2) is 0 Å². The molecule has 116 valence electrons. The molecule has 2 rings (SSSR count). The lowest BCUT2D eigenvalue weighted by Gasteiger charge is -2.26. The first-order chi connectivity index (χ1) is 10.2. The maximum atomic E-state index is 11.8. The topological polar surface area (TPSA) is 55.8 Å². The van der Waals surface area contributed by atoms with Crippen LogP contribution in [0.3, 0.4) is 0 Å². The lowest BCUT2D eigenvalue weighted by atomic mass is 9.90. The largest absolute Gasteiger partial charge is 0.465 e. The SMILES string of the molecule is CCC(C)c1ccc(CC(OO)C2CCCOC2=O)cc1. The summed E-state index contributed by atoms with van der Waals surface area (Å²) in [7, 11) is 0. The van der Waals surface area contributed by atoms with Crippen LogP contribution in [0.5, 0.6) is 0 Å². The van der Waals surface area contributed by atoms with E-state index in [0.29, 0.717) is 25.4 Å². The first kappa shape index (κ1) is 16.0. The Morgan fingerprint density at radius 1 is 1.38 bits per heavy atom. The molecule has 1 saturated heterocycles. The number of rotatable bonds is 6. The van der Waals surface area contributed by atoms with E-state index in [0.717, 1.165) is 18.4 Å². The molecule has 0 saturated carbocycles. The van der Waals surface area contributed by atoms with Crippen LogP contribution in [0.2, 0.25) is 0 Å². The number of cyclic esters (lactones) is 1. The van der Waals surface area contributed by atoms with Crippen molar-refractivity contribution in [1.29, 1.82) is 0 Å². The summed E-state index contributed by atoms with van der Waals surface area (Å²) in [5.74, 6) is -0.105. The summed E-state index contributed by atoms with van der Waals surface area (Å²) in [6, 6.07) is 8.30. The first-order valence-electron chi connectivity index (χ1n) is 7.71. The van der Waals surface area contributed by atoms with Crippen LogP contribution >= 0.6 is 0 Å². The molecule has 0 radical (unpaired) electrons. The van der Waals surface area contributed by atoms with Crippen LogP contribution in [0.15, 0.2) is 24.3 Å². The van der Waals surface area contributed by atoms with Crippen LogP contribution in [0.1, 0.15) is 50.2 Å². The van der Waals surface area contributed by atoms with Crippen molar-refractivity contribution < 1.29 is 19.7 Å². The summed E-state index contributed by atoms with van der Waals surface area (Å²) in [5.41, 5.74) is 2.36. The number of carbonyl (C=O) groups excluding carboxylic acids is 1. The third-order valence-corrected chi connectivity index (χ3v) is 4.39. The van der Waals surface area contributed by atoms with E-state index in [-0.39, 0.29) is 11.9 Å². The maximum absolute atomic E-state index is 11.8. The highest BCUT2D eigenvalue weighted by Crippen LogP contribution is 2.25. The predicted octanol–water partition coefficient (Wildman–Crippen LogP) is 3.55. The van der Waals surface area contributed by atoms with Crippen molar-refractivity contribution in [1.82, 2.24) is 0 Å². The second kappa shape index (κ2) is 7.57. The molecule has 1 aromatic rings. The molecule has 0 spiro atoms. The van der Waals surface area contributed by atoms with Gasteiger partial charge in [0, 0.05) is 6.42 Å². The standard InChI is InChI=1S/C17H24O4/c1-3-12(2)14-8-6-13(7-9-14)11-16(21-19)15-5-4-10-20-17(15)18/h6-9,12,15-16,19H,3-5,10-11H2,1-2H3. The molecule has 0 amide bonds. The van der Waals surface area contributed by atoms with Gasteiger partial charge >= 0.3 is 5.97 Å². The fourth-order valence-electron chi connectivity index (χ4n) is 2.74. The van der Waals surface area contributed by atoms with E-state index < -0.39 is 6.10 Å². The monoisotopic (exact) mass is 292 g/mol. The summed E-state index contributed by atoms with van der Waals surface area (Å²) in [5, 5.41) is 9.13. The van der Waals surface area contributed by atoms with E-state index in [9.17, 15) is 4.79 Å². The fourth-order valence-corrected chi connectivity index (χ4v) is 2.74. The number of carbonyl (C=O) groups is 1. The van der Waals surface area contributed by atoms with Crippen LogP contribution in [-0.2, 0) is 20.8 Å². The number of hydrogen-bond donors (Lipinski definition) is 1. The minimum absolute atomic E-state index is 0.267. The van der Waals surface area contributed by atoms with E-state index in [4.69, 9.17) is 9.99 Å². The Balaban J connectivity index is 2.02. The smallest absolute Gasteiger partial charge is 0.311 e. The van der Waals surface area contributed by atoms with Crippen molar-refractivity contribution in [3.8, 4) is 0 Å². The Bertz CT molecular complexity index is 454. The van der Waals surface area contributed by atoms with Crippen LogP contribution < -0.4 is 0 Å². The van der Waals surface area contributed by atoms with E-state index >= 15 is 0 Å². The molecule has 1 aliphatic rings. The Morgan fingerprint density at radius 2 is 2.10 bits per heavy atom. The molecule has 1 aromatic carbocycles. The summed E-state index contributed by atoms with van der Waals surface area (Å²) in [6.07, 6.45) is 2.61. The summed E-state index contributed by atoms with van der Waals surface area (Å²) < 4.78 is 5.05. The van der Waals surface area contributed by atoms with E-state index in [2.05, 4.69) is 30.9 Å². The second-order valence-electron chi connectivity index (χ2n) is 5.82. The van der Waals surface area contributed by atoms with Gasteiger partial charge in [-0.1, -0.05) is 38.1 Å². The third kappa shape index (κ3) is 4.05. The average molecular weight is 292 g/mol. The summed E-state index contributed by atoms with van der Waals surface area (Å²) in [6.45, 7) is 4.84. The zero-order valence-electron chi connectivity index (χ0n) is 12.7. The van der Waals surface area contributed by atoms with Crippen molar-refractivity contribution in [2.75, 3.05) is 6.61 Å². The molecule has 0 aliphatic carbocycles. The molecule has 3 unspecified atom stereocenters. The van der Waals surface area contributed by atoms with E-state index in [1.165, 1.54) is 5.56 Å². The number of esters is 1. The van der Waals surface area contributed by atoms with Crippen LogP contribution in [0, 0.1) is 5.92 Å². The van der Waals surface area contributed by atoms with Gasteiger partial charge in [-0.05, 0) is 36.3 Å². The first-order valence-corrected chi connectivity index (χ1v) is 7.71. The van der Waals surface area contributed by atoms with Gasteiger partial charge in [-0.15, -0.1) is 0 Å². The average Bonchev–Trinajstić information content (AvgIpc) is 2.53.